The molecule has 0 aromatic heterocycles. The van der Waals surface area contributed by atoms with Crippen LogP contribution in [0.15, 0.2) is 60.7 Å². The summed E-state index contributed by atoms with van der Waals surface area (Å²) >= 11 is 0. The standard InChI is InChI=1S/C26H36/c1-4-5-6-7-8-15-20-24-25(2,22-16-11-9-12-17-22)21-26(24,3)23-18-13-10-14-19-23/h9-14,16-19,24H,4-8,15,20-21H2,1-3H3/t25-,26-/m1/s1. The zero-order valence-corrected chi connectivity index (χ0v) is 17.0. The summed E-state index contributed by atoms with van der Waals surface area (Å²) in [6.45, 7) is 7.31. The molecule has 0 heterocycles. The predicted molar refractivity (Wildman–Crippen MR) is 114 cm³/mol. The second-order valence-corrected chi connectivity index (χ2v) is 8.85. The van der Waals surface area contributed by atoms with Crippen LogP contribution in [-0.2, 0) is 10.8 Å². The molecule has 1 aliphatic carbocycles. The SMILES string of the molecule is CCCCCCCCC1[C@@](C)(c2ccccc2)C[C@]1(C)c1ccccc1. The fourth-order valence-corrected chi connectivity index (χ4v) is 5.59. The van der Waals surface area contributed by atoms with Gasteiger partial charge >= 0.3 is 0 Å². The number of hydrogen-bond donors (Lipinski definition) is 0. The van der Waals surface area contributed by atoms with E-state index >= 15 is 0 Å². The smallest absolute Gasteiger partial charge is 0.00302 e. The van der Waals surface area contributed by atoms with E-state index in [-0.39, 0.29) is 0 Å². The van der Waals surface area contributed by atoms with Crippen molar-refractivity contribution in [3.05, 3.63) is 71.8 Å². The lowest BCUT2D eigenvalue weighted by Gasteiger charge is -2.62. The lowest BCUT2D eigenvalue weighted by Crippen LogP contribution is -2.58. The third-order valence-corrected chi connectivity index (χ3v) is 6.99. The highest BCUT2D eigenvalue weighted by molar-refractivity contribution is 5.40. The van der Waals surface area contributed by atoms with Crippen molar-refractivity contribution in [2.75, 3.05) is 0 Å². The van der Waals surface area contributed by atoms with E-state index in [1.54, 1.807) is 0 Å². The number of unbranched alkanes of at least 4 members (excludes halogenated alkanes) is 5. The molecule has 0 amide bonds. The molecule has 2 aromatic rings. The van der Waals surface area contributed by atoms with Gasteiger partial charge in [-0.2, -0.15) is 0 Å². The average Bonchev–Trinajstić information content (AvgIpc) is 2.68. The molecule has 0 saturated heterocycles. The summed E-state index contributed by atoms with van der Waals surface area (Å²) in [5, 5.41) is 0. The van der Waals surface area contributed by atoms with E-state index in [0.29, 0.717) is 10.8 Å². The molecule has 1 aliphatic rings. The van der Waals surface area contributed by atoms with Gasteiger partial charge in [0.2, 0.25) is 0 Å². The van der Waals surface area contributed by atoms with Gasteiger partial charge < -0.3 is 0 Å². The van der Waals surface area contributed by atoms with Crippen LogP contribution in [0.3, 0.4) is 0 Å². The fourth-order valence-electron chi connectivity index (χ4n) is 5.59. The van der Waals surface area contributed by atoms with Crippen molar-refractivity contribution in [3.63, 3.8) is 0 Å². The molecule has 26 heavy (non-hydrogen) atoms. The number of hydrogen-bond acceptors (Lipinski definition) is 0. The summed E-state index contributed by atoms with van der Waals surface area (Å²) in [4.78, 5) is 0. The average molecular weight is 349 g/mol. The zero-order chi connectivity index (χ0) is 18.5. The zero-order valence-electron chi connectivity index (χ0n) is 17.0. The van der Waals surface area contributed by atoms with Crippen LogP contribution >= 0.6 is 0 Å². The van der Waals surface area contributed by atoms with Gasteiger partial charge in [0, 0.05) is 0 Å². The van der Waals surface area contributed by atoms with Gasteiger partial charge in [0.05, 0.1) is 0 Å². The van der Waals surface area contributed by atoms with Crippen molar-refractivity contribution in [2.24, 2.45) is 5.92 Å². The Kier molecular flexibility index (Phi) is 6.22. The summed E-state index contributed by atoms with van der Waals surface area (Å²) in [6.07, 6.45) is 10.9. The molecule has 140 valence electrons. The minimum Gasteiger partial charge on any atom is -0.0654 e. The quantitative estimate of drug-likeness (QED) is 0.408. The summed E-state index contributed by atoms with van der Waals surface area (Å²) < 4.78 is 0. The Balaban J connectivity index is 1.75. The third-order valence-electron chi connectivity index (χ3n) is 6.99. The summed E-state index contributed by atoms with van der Waals surface area (Å²) in [5.41, 5.74) is 3.69. The van der Waals surface area contributed by atoms with Gasteiger partial charge in [-0.1, -0.05) is 120 Å². The molecule has 0 radical (unpaired) electrons. The van der Waals surface area contributed by atoms with E-state index < -0.39 is 0 Å². The van der Waals surface area contributed by atoms with E-state index in [4.69, 9.17) is 0 Å². The van der Waals surface area contributed by atoms with Crippen LogP contribution in [-0.4, -0.2) is 0 Å². The first-order chi connectivity index (χ1) is 12.6. The topological polar surface area (TPSA) is 0 Å². The van der Waals surface area contributed by atoms with E-state index in [2.05, 4.69) is 81.4 Å². The van der Waals surface area contributed by atoms with Gasteiger partial charge in [0.25, 0.3) is 0 Å². The second kappa shape index (κ2) is 8.42. The third kappa shape index (κ3) is 3.75. The van der Waals surface area contributed by atoms with Crippen molar-refractivity contribution in [2.45, 2.75) is 83.0 Å². The maximum Gasteiger partial charge on any atom is -0.00302 e. The van der Waals surface area contributed by atoms with Crippen molar-refractivity contribution >= 4 is 0 Å². The van der Waals surface area contributed by atoms with Crippen LogP contribution in [0.5, 0.6) is 0 Å². The maximum atomic E-state index is 2.51. The van der Waals surface area contributed by atoms with Gasteiger partial charge in [0.15, 0.2) is 0 Å². The Morgan fingerprint density at radius 3 is 1.65 bits per heavy atom. The first-order valence-electron chi connectivity index (χ1n) is 10.7. The lowest BCUT2D eigenvalue weighted by atomic mass is 9.42. The molecule has 0 N–H and O–H groups in total. The van der Waals surface area contributed by atoms with Gasteiger partial charge in [-0.15, -0.1) is 0 Å². The molecule has 0 unspecified atom stereocenters. The molecule has 0 nitrogen and oxygen atoms in total. The lowest BCUT2D eigenvalue weighted by molar-refractivity contribution is 0.00981. The van der Waals surface area contributed by atoms with Crippen LogP contribution in [0.4, 0.5) is 0 Å². The Hall–Kier alpha value is -1.56. The van der Waals surface area contributed by atoms with Crippen LogP contribution in [0, 0.1) is 5.92 Å². The Morgan fingerprint density at radius 2 is 1.15 bits per heavy atom. The molecular formula is C26H36. The molecule has 2 atom stereocenters. The minimum atomic E-state index is 0.315. The predicted octanol–water partition coefficient (Wildman–Crippen LogP) is 7.67. The molecule has 1 saturated carbocycles. The molecule has 2 aromatic carbocycles. The van der Waals surface area contributed by atoms with E-state index in [1.165, 1.54) is 62.5 Å². The molecular weight excluding hydrogens is 312 g/mol. The molecule has 0 heteroatoms. The van der Waals surface area contributed by atoms with Crippen LogP contribution < -0.4 is 0 Å². The van der Waals surface area contributed by atoms with Crippen LogP contribution in [0.1, 0.15) is 83.3 Å². The molecule has 0 spiro atoms. The Labute approximate surface area is 161 Å². The van der Waals surface area contributed by atoms with Gasteiger partial charge in [-0.25, -0.2) is 0 Å². The fraction of sp³-hybridized carbons (Fsp3) is 0.538. The van der Waals surface area contributed by atoms with Gasteiger partial charge in [-0.3, -0.25) is 0 Å². The second-order valence-electron chi connectivity index (χ2n) is 8.85. The number of rotatable bonds is 9. The van der Waals surface area contributed by atoms with Crippen molar-refractivity contribution < 1.29 is 0 Å². The largest absolute Gasteiger partial charge is 0.0654 e. The maximum absolute atomic E-state index is 2.51. The van der Waals surface area contributed by atoms with Crippen molar-refractivity contribution in [1.29, 1.82) is 0 Å². The highest BCUT2D eigenvalue weighted by atomic mass is 14.6. The first kappa shape index (κ1) is 19.2. The van der Waals surface area contributed by atoms with E-state index in [0.717, 1.165) is 5.92 Å². The Morgan fingerprint density at radius 1 is 0.692 bits per heavy atom. The minimum absolute atomic E-state index is 0.315. The molecule has 0 bridgehead atoms. The van der Waals surface area contributed by atoms with Gasteiger partial charge in [0.1, 0.15) is 0 Å². The molecule has 3 rings (SSSR count). The monoisotopic (exact) mass is 348 g/mol. The van der Waals surface area contributed by atoms with E-state index in [9.17, 15) is 0 Å². The van der Waals surface area contributed by atoms with Gasteiger partial charge in [-0.05, 0) is 40.7 Å². The van der Waals surface area contributed by atoms with E-state index in [1.807, 2.05) is 0 Å². The van der Waals surface area contributed by atoms with Crippen LogP contribution in [0.25, 0.3) is 0 Å². The van der Waals surface area contributed by atoms with Crippen LogP contribution in [0.2, 0.25) is 0 Å². The van der Waals surface area contributed by atoms with Crippen molar-refractivity contribution in [1.82, 2.24) is 0 Å². The molecule has 0 aliphatic heterocycles. The first-order valence-corrected chi connectivity index (χ1v) is 10.7. The summed E-state index contributed by atoms with van der Waals surface area (Å²) in [6, 6.07) is 22.5. The summed E-state index contributed by atoms with van der Waals surface area (Å²) in [7, 11) is 0. The molecule has 1 fully saturated rings. The normalized spacial score (nSPS) is 25.8. The Bertz CT molecular complexity index is 607. The summed E-state index contributed by atoms with van der Waals surface area (Å²) in [5.74, 6) is 0.728. The highest BCUT2D eigenvalue weighted by Crippen LogP contribution is 2.62. The van der Waals surface area contributed by atoms with Crippen molar-refractivity contribution in [3.8, 4) is 0 Å². The number of benzene rings is 2. The highest BCUT2D eigenvalue weighted by Gasteiger charge is 2.58.